The molecule has 3 heterocycles. The standard InChI is InChI=1S/C19H13N2.C8H4F3N4.Ir/c1-3-9-15(10-4-1)19-20-17-13-7-8-14-18(17)21(19)16-11-5-2-6-12-16;9-8(10,11)7-13-6(14-15-7)5-3-1-2-4-12-5;/h1-9,11-14H;1-4H;/q2*-1;. The summed E-state index contributed by atoms with van der Waals surface area (Å²) in [5.41, 5.74) is 4.47. The van der Waals surface area contributed by atoms with E-state index in [-0.39, 0.29) is 31.6 Å². The van der Waals surface area contributed by atoms with Gasteiger partial charge in [0.25, 0.3) is 0 Å². The molecule has 0 aliphatic heterocycles. The van der Waals surface area contributed by atoms with Crippen LogP contribution in [0, 0.1) is 6.07 Å². The molecule has 187 valence electrons. The minimum absolute atomic E-state index is 0. The van der Waals surface area contributed by atoms with Crippen molar-refractivity contribution in [2.24, 2.45) is 0 Å². The first-order valence-electron chi connectivity index (χ1n) is 10.9. The molecule has 1 radical (unpaired) electrons. The number of fused-ring (bicyclic) bond motifs is 1. The fraction of sp³-hybridized carbons (Fsp3) is 0.0370. The van der Waals surface area contributed by atoms with E-state index in [2.05, 4.69) is 49.0 Å². The zero-order valence-corrected chi connectivity index (χ0v) is 21.4. The quantitative estimate of drug-likeness (QED) is 0.216. The van der Waals surface area contributed by atoms with Gasteiger partial charge in [-0.1, -0.05) is 36.4 Å². The normalized spacial score (nSPS) is 10.9. The van der Waals surface area contributed by atoms with Gasteiger partial charge in [-0.2, -0.15) is 13.2 Å². The molecule has 0 fully saturated rings. The van der Waals surface area contributed by atoms with Gasteiger partial charge in [0.2, 0.25) is 0 Å². The van der Waals surface area contributed by atoms with Gasteiger partial charge >= 0.3 is 6.18 Å². The van der Waals surface area contributed by atoms with Crippen LogP contribution in [0.3, 0.4) is 0 Å². The monoisotopic (exact) mass is 675 g/mol. The molecule has 0 atom stereocenters. The fourth-order valence-corrected chi connectivity index (χ4v) is 3.54. The fourth-order valence-electron chi connectivity index (χ4n) is 3.54. The molecule has 6 aromatic rings. The summed E-state index contributed by atoms with van der Waals surface area (Å²) in [6.45, 7) is 0. The van der Waals surface area contributed by atoms with E-state index in [1.165, 1.54) is 12.3 Å². The zero-order chi connectivity index (χ0) is 25.0. The van der Waals surface area contributed by atoms with Crippen molar-refractivity contribution in [2.75, 3.05) is 0 Å². The average molecular weight is 675 g/mol. The Morgan fingerprint density at radius 2 is 1.51 bits per heavy atom. The van der Waals surface area contributed by atoms with Gasteiger partial charge < -0.3 is 14.6 Å². The van der Waals surface area contributed by atoms with Crippen LogP contribution in [0.25, 0.3) is 39.6 Å². The predicted molar refractivity (Wildman–Crippen MR) is 129 cm³/mol. The van der Waals surface area contributed by atoms with E-state index >= 15 is 0 Å². The van der Waals surface area contributed by atoms with Crippen LogP contribution in [0.5, 0.6) is 0 Å². The van der Waals surface area contributed by atoms with Crippen molar-refractivity contribution < 1.29 is 33.3 Å². The third kappa shape index (κ3) is 5.82. The van der Waals surface area contributed by atoms with Crippen molar-refractivity contribution in [1.82, 2.24) is 29.7 Å². The molecule has 0 aliphatic rings. The first-order valence-corrected chi connectivity index (χ1v) is 10.9. The summed E-state index contributed by atoms with van der Waals surface area (Å²) < 4.78 is 38.6. The molecule has 3 aromatic heterocycles. The third-order valence-corrected chi connectivity index (χ3v) is 5.12. The Morgan fingerprint density at radius 3 is 2.19 bits per heavy atom. The van der Waals surface area contributed by atoms with Gasteiger partial charge in [0.05, 0.1) is 22.6 Å². The number of alkyl halides is 3. The van der Waals surface area contributed by atoms with E-state index in [0.29, 0.717) is 0 Å². The van der Waals surface area contributed by atoms with Crippen LogP contribution in [-0.4, -0.2) is 24.6 Å². The number of hydrogen-bond donors (Lipinski definition) is 0. The summed E-state index contributed by atoms with van der Waals surface area (Å²) in [4.78, 5) is 11.8. The minimum Gasteiger partial charge on any atom is -0.413 e. The number of rotatable bonds is 3. The van der Waals surface area contributed by atoms with Gasteiger partial charge in [0.1, 0.15) is 5.82 Å². The molecule has 0 saturated heterocycles. The number of halogens is 3. The van der Waals surface area contributed by atoms with Crippen molar-refractivity contribution in [3.8, 4) is 28.6 Å². The van der Waals surface area contributed by atoms with E-state index in [4.69, 9.17) is 4.98 Å². The molecule has 10 heteroatoms. The summed E-state index contributed by atoms with van der Waals surface area (Å²) in [5.74, 6) is -0.450. The molecule has 6 rings (SSSR count). The average Bonchev–Trinajstić information content (AvgIpc) is 3.57. The van der Waals surface area contributed by atoms with Gasteiger partial charge in [-0.15, -0.1) is 35.9 Å². The molecule has 0 unspecified atom stereocenters. The molecule has 0 N–H and O–H groups in total. The summed E-state index contributed by atoms with van der Waals surface area (Å²) in [6.07, 6.45) is -3.13. The van der Waals surface area contributed by atoms with E-state index < -0.39 is 12.0 Å². The Bertz CT molecular complexity index is 1570. The summed E-state index contributed by atoms with van der Waals surface area (Å²) in [7, 11) is 0. The number of pyridine rings is 1. The minimum atomic E-state index is -4.57. The molecule has 0 spiro atoms. The Hall–Kier alpha value is -4.14. The molecular weight excluding hydrogens is 658 g/mol. The largest absolute Gasteiger partial charge is 0.429 e. The second kappa shape index (κ2) is 11.3. The summed E-state index contributed by atoms with van der Waals surface area (Å²) in [5, 5.41) is 6.25. The van der Waals surface area contributed by atoms with Gasteiger partial charge in [-0.05, 0) is 42.2 Å². The molecule has 37 heavy (non-hydrogen) atoms. The number of para-hydroxylation sites is 3. The molecule has 0 aliphatic carbocycles. The number of aromatic nitrogens is 6. The maximum atomic E-state index is 12.1. The molecule has 3 aromatic carbocycles. The Kier molecular flexibility index (Phi) is 7.91. The van der Waals surface area contributed by atoms with Crippen LogP contribution in [0.15, 0.2) is 103 Å². The smallest absolute Gasteiger partial charge is 0.413 e. The molecule has 0 bridgehead atoms. The molecule has 0 amide bonds. The van der Waals surface area contributed by atoms with E-state index in [1.807, 2.05) is 60.7 Å². The van der Waals surface area contributed by atoms with Crippen molar-refractivity contribution >= 4 is 11.0 Å². The van der Waals surface area contributed by atoms with Gasteiger partial charge in [0.15, 0.2) is 0 Å². The van der Waals surface area contributed by atoms with Crippen LogP contribution in [0.2, 0.25) is 0 Å². The molecular formula is C27H17F3IrN6-2. The van der Waals surface area contributed by atoms with Gasteiger partial charge in [0, 0.05) is 32.0 Å². The van der Waals surface area contributed by atoms with Crippen LogP contribution >= 0.6 is 0 Å². The predicted octanol–water partition coefficient (Wildman–Crippen LogP) is 6.00. The van der Waals surface area contributed by atoms with E-state index in [9.17, 15) is 13.2 Å². The Morgan fingerprint density at radius 1 is 0.784 bits per heavy atom. The Balaban J connectivity index is 0.000000178. The van der Waals surface area contributed by atoms with Crippen molar-refractivity contribution in [2.45, 2.75) is 6.18 Å². The van der Waals surface area contributed by atoms with E-state index in [0.717, 1.165) is 28.1 Å². The number of nitrogens with zero attached hydrogens (tertiary/aromatic N) is 6. The van der Waals surface area contributed by atoms with Gasteiger partial charge in [-0.25, -0.2) is 0 Å². The number of hydrogen-bond acceptors (Lipinski definition) is 4. The summed E-state index contributed by atoms with van der Waals surface area (Å²) >= 11 is 0. The second-order valence-corrected chi connectivity index (χ2v) is 7.54. The van der Waals surface area contributed by atoms with Crippen LogP contribution < -0.4 is 5.10 Å². The number of benzene rings is 3. The molecule has 0 saturated carbocycles. The first-order chi connectivity index (χ1) is 17.5. The number of imidazole rings is 1. The maximum Gasteiger partial charge on any atom is 0.429 e. The second-order valence-electron chi connectivity index (χ2n) is 7.54. The van der Waals surface area contributed by atoms with Gasteiger partial charge in [-0.3, -0.25) is 15.1 Å². The third-order valence-electron chi connectivity index (χ3n) is 5.12. The van der Waals surface area contributed by atoms with Crippen molar-refractivity contribution in [3.05, 3.63) is 115 Å². The first kappa shape index (κ1) is 25.9. The zero-order valence-electron chi connectivity index (χ0n) is 19.0. The maximum absolute atomic E-state index is 12.1. The van der Waals surface area contributed by atoms with Crippen LogP contribution in [0.1, 0.15) is 5.82 Å². The molecule has 6 nitrogen and oxygen atoms in total. The Labute approximate surface area is 223 Å². The van der Waals surface area contributed by atoms with Crippen LogP contribution in [0.4, 0.5) is 13.2 Å². The SMILES string of the molecule is FC(F)(F)c1n[n-]c(-c2ccccn2)n1.[Ir].[c-]1ccccc1-c1nc2ccccc2n1-c1ccccc1. The van der Waals surface area contributed by atoms with Crippen molar-refractivity contribution in [1.29, 1.82) is 0 Å². The topological polar surface area (TPSA) is 70.6 Å². The summed E-state index contributed by atoms with van der Waals surface area (Å²) in [6, 6.07) is 34.5. The van der Waals surface area contributed by atoms with E-state index in [1.54, 1.807) is 12.1 Å². The van der Waals surface area contributed by atoms with Crippen LogP contribution in [-0.2, 0) is 26.3 Å². The van der Waals surface area contributed by atoms with Crippen molar-refractivity contribution in [3.63, 3.8) is 0 Å².